The van der Waals surface area contributed by atoms with E-state index in [2.05, 4.69) is 10.3 Å². The van der Waals surface area contributed by atoms with Crippen molar-refractivity contribution in [2.24, 2.45) is 0 Å². The van der Waals surface area contributed by atoms with E-state index >= 15 is 0 Å². The van der Waals surface area contributed by atoms with Gasteiger partial charge in [0.2, 0.25) is 0 Å². The molecule has 0 radical (unpaired) electrons. The Hall–Kier alpha value is -3.09. The normalized spacial score (nSPS) is 18.7. The van der Waals surface area contributed by atoms with Crippen LogP contribution in [0.4, 0.5) is 5.82 Å². The van der Waals surface area contributed by atoms with Gasteiger partial charge in [0.05, 0.1) is 7.11 Å². The zero-order chi connectivity index (χ0) is 18.7. The fourth-order valence-electron chi connectivity index (χ4n) is 2.81. The number of ether oxygens (including phenoxy) is 2. The smallest absolute Gasteiger partial charge is 0.282 e. The average Bonchev–Trinajstić information content (AvgIpc) is 2.67. The number of benzene rings is 1. The molecule has 136 valence electrons. The van der Waals surface area contributed by atoms with Crippen molar-refractivity contribution in [3.63, 3.8) is 0 Å². The minimum absolute atomic E-state index is 0.279. The molecular weight excluding hydrogens is 334 g/mol. The van der Waals surface area contributed by atoms with E-state index in [-0.39, 0.29) is 6.54 Å². The van der Waals surface area contributed by atoms with Gasteiger partial charge in [0.25, 0.3) is 17.4 Å². The van der Waals surface area contributed by atoms with Crippen LogP contribution in [-0.2, 0) is 16.1 Å². The molecule has 1 aliphatic heterocycles. The van der Waals surface area contributed by atoms with Crippen LogP contribution in [0, 0.1) is 0 Å². The average molecular weight is 355 g/mol. The molecule has 0 spiro atoms. The van der Waals surface area contributed by atoms with E-state index in [0.29, 0.717) is 18.1 Å². The van der Waals surface area contributed by atoms with Crippen LogP contribution in [0.25, 0.3) is 0 Å². The first kappa shape index (κ1) is 17.7. The molecule has 0 saturated carbocycles. The van der Waals surface area contributed by atoms with Crippen LogP contribution in [-0.4, -0.2) is 36.1 Å². The molecule has 2 aromatic rings. The van der Waals surface area contributed by atoms with Gasteiger partial charge in [0, 0.05) is 19.3 Å². The summed E-state index contributed by atoms with van der Waals surface area (Å²) in [6.45, 7) is 3.99. The summed E-state index contributed by atoms with van der Waals surface area (Å²) < 4.78 is 10.9. The predicted molar refractivity (Wildman–Crippen MR) is 96.1 cm³/mol. The topological polar surface area (TPSA) is 80.8 Å². The molecule has 2 amide bonds. The van der Waals surface area contributed by atoms with Gasteiger partial charge >= 0.3 is 0 Å². The van der Waals surface area contributed by atoms with Crippen LogP contribution in [0.5, 0.6) is 11.5 Å². The highest BCUT2D eigenvalue weighted by atomic mass is 16.5. The second-order valence-corrected chi connectivity index (χ2v) is 6.04. The first-order valence-corrected chi connectivity index (χ1v) is 8.37. The number of anilines is 1. The number of hydrogen-bond donors (Lipinski definition) is 1. The number of rotatable bonds is 5. The van der Waals surface area contributed by atoms with E-state index in [4.69, 9.17) is 9.47 Å². The Balaban J connectivity index is 1.78. The lowest BCUT2D eigenvalue weighted by atomic mass is 10.0. The Morgan fingerprint density at radius 3 is 2.69 bits per heavy atom. The van der Waals surface area contributed by atoms with Gasteiger partial charge in [-0.15, -0.1) is 0 Å². The Bertz CT molecular complexity index is 822. The van der Waals surface area contributed by atoms with Crippen LogP contribution in [0.1, 0.15) is 19.4 Å². The monoisotopic (exact) mass is 355 g/mol. The second kappa shape index (κ2) is 7.03. The minimum Gasteiger partial charge on any atom is -0.497 e. The molecule has 1 atom stereocenters. The standard InChI is InChI=1S/C19H21N3O4/c1-4-22-16-15(6-5-11-20-16)26-19(2,18(22)24)17(23)21-12-13-7-9-14(25-3)10-8-13/h5-11H,4,12H2,1-3H3,(H,21,23)/t19-/m1/s1. The molecule has 0 bridgehead atoms. The van der Waals surface area contributed by atoms with E-state index < -0.39 is 17.4 Å². The molecule has 2 heterocycles. The van der Waals surface area contributed by atoms with Crippen molar-refractivity contribution in [1.29, 1.82) is 0 Å². The van der Waals surface area contributed by atoms with Crippen molar-refractivity contribution in [3.8, 4) is 11.5 Å². The fraction of sp³-hybridized carbons (Fsp3) is 0.316. The number of carbonyl (C=O) groups is 2. The number of hydrogen-bond acceptors (Lipinski definition) is 5. The molecular formula is C19H21N3O4. The molecule has 0 fully saturated rings. The van der Waals surface area contributed by atoms with E-state index in [1.54, 1.807) is 25.4 Å². The number of methoxy groups -OCH3 is 1. The van der Waals surface area contributed by atoms with Crippen LogP contribution in [0.15, 0.2) is 42.6 Å². The van der Waals surface area contributed by atoms with Crippen molar-refractivity contribution < 1.29 is 19.1 Å². The number of nitrogens with zero attached hydrogens (tertiary/aromatic N) is 2. The number of fused-ring (bicyclic) bond motifs is 1. The highest BCUT2D eigenvalue weighted by Crippen LogP contribution is 2.35. The third kappa shape index (κ3) is 3.08. The molecule has 0 saturated heterocycles. The maximum absolute atomic E-state index is 12.9. The molecule has 1 N–H and O–H groups in total. The van der Waals surface area contributed by atoms with Crippen LogP contribution >= 0.6 is 0 Å². The second-order valence-electron chi connectivity index (χ2n) is 6.04. The van der Waals surface area contributed by atoms with Crippen LogP contribution < -0.4 is 19.7 Å². The molecule has 1 aromatic carbocycles. The highest BCUT2D eigenvalue weighted by molar-refractivity contribution is 6.16. The molecule has 7 heteroatoms. The number of aromatic nitrogens is 1. The van der Waals surface area contributed by atoms with E-state index in [1.807, 2.05) is 31.2 Å². The molecule has 26 heavy (non-hydrogen) atoms. The lowest BCUT2D eigenvalue weighted by Gasteiger charge is -2.38. The molecule has 3 rings (SSSR count). The number of amides is 2. The highest BCUT2D eigenvalue weighted by Gasteiger charge is 2.50. The van der Waals surface area contributed by atoms with Gasteiger partial charge in [-0.2, -0.15) is 0 Å². The molecule has 7 nitrogen and oxygen atoms in total. The van der Waals surface area contributed by atoms with Gasteiger partial charge in [0.15, 0.2) is 11.6 Å². The summed E-state index contributed by atoms with van der Waals surface area (Å²) in [5.74, 6) is 0.654. The first-order chi connectivity index (χ1) is 12.5. The maximum atomic E-state index is 12.9. The van der Waals surface area contributed by atoms with Crippen molar-refractivity contribution in [3.05, 3.63) is 48.2 Å². The SMILES string of the molecule is CCN1C(=O)[C@@](C)(C(=O)NCc2ccc(OC)cc2)Oc2cccnc21. The quantitative estimate of drug-likeness (QED) is 0.829. The predicted octanol–water partition coefficient (Wildman–Crippen LogP) is 1.91. The lowest BCUT2D eigenvalue weighted by molar-refractivity contribution is -0.148. The van der Waals surface area contributed by atoms with Crippen molar-refractivity contribution in [1.82, 2.24) is 10.3 Å². The van der Waals surface area contributed by atoms with E-state index in [1.165, 1.54) is 11.8 Å². The number of pyridine rings is 1. The Morgan fingerprint density at radius 2 is 2.04 bits per heavy atom. The molecule has 0 unspecified atom stereocenters. The van der Waals surface area contributed by atoms with Gasteiger partial charge < -0.3 is 14.8 Å². The van der Waals surface area contributed by atoms with Gasteiger partial charge in [-0.3, -0.25) is 14.5 Å². The third-order valence-corrected chi connectivity index (χ3v) is 4.34. The summed E-state index contributed by atoms with van der Waals surface area (Å²) in [5.41, 5.74) is -0.751. The summed E-state index contributed by atoms with van der Waals surface area (Å²) in [4.78, 5) is 31.3. The largest absolute Gasteiger partial charge is 0.497 e. The first-order valence-electron chi connectivity index (χ1n) is 8.37. The fourth-order valence-corrected chi connectivity index (χ4v) is 2.81. The molecule has 1 aliphatic rings. The third-order valence-electron chi connectivity index (χ3n) is 4.34. The van der Waals surface area contributed by atoms with Gasteiger partial charge in [-0.1, -0.05) is 12.1 Å². The maximum Gasteiger partial charge on any atom is 0.282 e. The minimum atomic E-state index is -1.64. The van der Waals surface area contributed by atoms with Crippen LogP contribution in [0.2, 0.25) is 0 Å². The summed E-state index contributed by atoms with van der Waals surface area (Å²) in [5, 5.41) is 2.78. The van der Waals surface area contributed by atoms with Crippen molar-refractivity contribution in [2.75, 3.05) is 18.6 Å². The summed E-state index contributed by atoms with van der Waals surface area (Å²) >= 11 is 0. The zero-order valence-corrected chi connectivity index (χ0v) is 15.0. The molecule has 0 aliphatic carbocycles. The van der Waals surface area contributed by atoms with Crippen LogP contribution in [0.3, 0.4) is 0 Å². The molecule has 1 aromatic heterocycles. The van der Waals surface area contributed by atoms with Crippen molar-refractivity contribution in [2.45, 2.75) is 26.0 Å². The summed E-state index contributed by atoms with van der Waals surface area (Å²) in [7, 11) is 1.59. The van der Waals surface area contributed by atoms with Gasteiger partial charge in [0.1, 0.15) is 5.75 Å². The lowest BCUT2D eigenvalue weighted by Crippen LogP contribution is -2.62. The number of likely N-dealkylation sites (N-methyl/N-ethyl adjacent to an activating group) is 1. The van der Waals surface area contributed by atoms with Crippen molar-refractivity contribution >= 4 is 17.6 Å². The Kier molecular flexibility index (Phi) is 4.79. The summed E-state index contributed by atoms with van der Waals surface area (Å²) in [6.07, 6.45) is 1.59. The van der Waals surface area contributed by atoms with E-state index in [9.17, 15) is 9.59 Å². The van der Waals surface area contributed by atoms with Gasteiger partial charge in [-0.25, -0.2) is 4.98 Å². The summed E-state index contributed by atoms with van der Waals surface area (Å²) in [6, 6.07) is 10.7. The van der Waals surface area contributed by atoms with E-state index in [0.717, 1.165) is 11.3 Å². The Labute approximate surface area is 151 Å². The zero-order valence-electron chi connectivity index (χ0n) is 15.0. The van der Waals surface area contributed by atoms with Gasteiger partial charge in [-0.05, 0) is 43.7 Å². The number of nitrogens with one attached hydrogen (secondary N) is 1. The number of carbonyl (C=O) groups excluding carboxylic acids is 2. The Morgan fingerprint density at radius 1 is 1.31 bits per heavy atom.